The van der Waals surface area contributed by atoms with E-state index in [1.54, 1.807) is 14.2 Å². The van der Waals surface area contributed by atoms with Gasteiger partial charge < -0.3 is 19.6 Å². The van der Waals surface area contributed by atoms with Gasteiger partial charge in [-0.15, -0.1) is 0 Å². The molecule has 0 aliphatic rings. The minimum absolute atomic E-state index is 0. The van der Waals surface area contributed by atoms with Gasteiger partial charge in [-0.2, -0.15) is 0 Å². The van der Waals surface area contributed by atoms with Gasteiger partial charge in [0.1, 0.15) is 0 Å². The molecule has 0 saturated carbocycles. The number of hydrogen-bond acceptors (Lipinski definition) is 1. The van der Waals surface area contributed by atoms with Crippen LogP contribution in [0.3, 0.4) is 0 Å². The summed E-state index contributed by atoms with van der Waals surface area (Å²) >= 11 is 0. The van der Waals surface area contributed by atoms with Crippen molar-refractivity contribution in [2.45, 2.75) is 319 Å². The zero-order valence-corrected chi connectivity index (χ0v) is 58.7. The maximum atomic E-state index is 4.25. The summed E-state index contributed by atoms with van der Waals surface area (Å²) in [6.07, 6.45) is 0. The van der Waals surface area contributed by atoms with E-state index in [9.17, 15) is 0 Å². The van der Waals surface area contributed by atoms with Crippen LogP contribution in [0.5, 0.6) is 0 Å². The van der Waals surface area contributed by atoms with Crippen molar-refractivity contribution < 1.29 is 70.2 Å². The maximum absolute atomic E-state index is 4.25. The molecule has 0 fully saturated rings. The molecular weight excluding hydrogens is 878 g/mol. The molecule has 0 aromatic heterocycles. The molecule has 0 aliphatic carbocycles. The van der Waals surface area contributed by atoms with Crippen molar-refractivity contribution >= 4 is 0 Å². The normalized spacial score (nSPS) is 8.10. The summed E-state index contributed by atoms with van der Waals surface area (Å²) in [4.78, 5) is 0. The van der Waals surface area contributed by atoms with E-state index >= 15 is 0 Å². The van der Waals surface area contributed by atoms with Crippen LogP contribution in [0.15, 0.2) is 0 Å². The first kappa shape index (κ1) is 144. The van der Waals surface area contributed by atoms with Crippen LogP contribution in [0.1, 0.15) is 319 Å². The third-order valence-corrected chi connectivity index (χ3v) is 0. The third-order valence-electron chi connectivity index (χ3n) is 0. The molecule has 2 radical (unpaired) electrons. The molecule has 0 aromatic carbocycles. The van der Waals surface area contributed by atoms with E-state index in [1.165, 1.54) is 0 Å². The molecule has 0 atom stereocenters. The minimum atomic E-state index is 0. The Hall–Kier alpha value is 2.17. The van der Waals surface area contributed by atoms with E-state index in [1.807, 2.05) is 111 Å². The Morgan fingerprint density at radius 2 is 0.183 bits per heavy atom. The van der Waals surface area contributed by atoms with Gasteiger partial charge in [-0.3, -0.25) is 0 Å². The molecule has 3 heteroatoms. The average molecular weight is 1030 g/mol. The minimum Gasteiger partial charge on any atom is -0.388 e. The zero-order valence-electron chi connectivity index (χ0n) is 53.1. The molecule has 0 spiro atoms. The van der Waals surface area contributed by atoms with E-state index in [2.05, 4.69) is 199 Å². The standard InChI is InChI=1S/7C5H12.C2H6O.8C2H6.2CH4.2CH3.2Y/c7*1-5(2,3)4;1-3-2;8*1-2;;;;;;/h7*1-4H3;1-2H3;8*1-2H3;2*1H4;2*1H3;;/q;;;;;;;;;;;;;;;;;;2*-1;;. The monoisotopic (exact) mass is 1030 g/mol. The van der Waals surface area contributed by atoms with Gasteiger partial charge in [-0.05, 0) is 37.9 Å². The molecule has 0 saturated heterocycles. The molecular formula is C57H152OY2-2. The van der Waals surface area contributed by atoms with Gasteiger partial charge in [0.25, 0.3) is 0 Å². The Balaban J connectivity index is -0.0000000130. The van der Waals surface area contributed by atoms with E-state index in [-0.39, 0.29) is 95.1 Å². The van der Waals surface area contributed by atoms with Crippen molar-refractivity contribution in [2.75, 3.05) is 14.2 Å². The molecule has 0 amide bonds. The zero-order chi connectivity index (χ0) is 50.2. The van der Waals surface area contributed by atoms with Crippen LogP contribution in [0.4, 0.5) is 0 Å². The summed E-state index contributed by atoms with van der Waals surface area (Å²) in [5.74, 6) is 0. The van der Waals surface area contributed by atoms with E-state index in [0.29, 0.717) is 37.9 Å². The SMILES string of the molecule is C.C.CC.CC.CC.CC.CC.CC.CC.CC.CC(C)(C)C.CC(C)(C)C.CC(C)(C)C.CC(C)(C)C.CC(C)(C)C.CC(C)(C)C.CC(C)(C)C.COC.[CH3-].[CH3-].[Y].[Y]. The second kappa shape index (κ2) is 109. The second-order valence-corrected chi connectivity index (χ2v) is 21.4. The molecule has 0 aromatic rings. The Kier molecular flexibility index (Phi) is 261. The van der Waals surface area contributed by atoms with Gasteiger partial charge in [0.05, 0.1) is 0 Å². The van der Waals surface area contributed by atoms with Crippen molar-refractivity contribution in [1.82, 2.24) is 0 Å². The average Bonchev–Trinajstić information content (AvgIpc) is 2.91. The first-order valence-corrected chi connectivity index (χ1v) is 22.8. The van der Waals surface area contributed by atoms with Crippen LogP contribution >= 0.6 is 0 Å². The van der Waals surface area contributed by atoms with Crippen LogP contribution in [0.25, 0.3) is 0 Å². The Bertz CT molecular complexity index is 260. The van der Waals surface area contributed by atoms with Crippen LogP contribution < -0.4 is 0 Å². The van der Waals surface area contributed by atoms with Gasteiger partial charge in [-0.1, -0.05) is 319 Å². The van der Waals surface area contributed by atoms with Crippen LogP contribution in [0.2, 0.25) is 0 Å². The topological polar surface area (TPSA) is 9.23 Å². The maximum Gasteiger partial charge on any atom is 0.0351 e. The molecule has 0 unspecified atom stereocenters. The second-order valence-electron chi connectivity index (χ2n) is 21.4. The predicted octanol–water partition coefficient (Wildman–Crippen LogP) is 25.0. The summed E-state index contributed by atoms with van der Waals surface area (Å²) in [5, 5.41) is 0. The molecule has 394 valence electrons. The first-order valence-electron chi connectivity index (χ1n) is 22.8. The third kappa shape index (κ3) is 44800. The Morgan fingerprint density at radius 3 is 0.183 bits per heavy atom. The summed E-state index contributed by atoms with van der Waals surface area (Å²) < 4.78 is 4.25. The molecule has 0 aliphatic heterocycles. The van der Waals surface area contributed by atoms with Crippen LogP contribution in [-0.4, -0.2) is 14.2 Å². The Morgan fingerprint density at radius 1 is 0.183 bits per heavy atom. The van der Waals surface area contributed by atoms with Crippen molar-refractivity contribution in [3.05, 3.63) is 14.9 Å². The van der Waals surface area contributed by atoms with E-state index in [0.717, 1.165) is 0 Å². The fraction of sp³-hybridized carbons (Fsp3) is 0.965. The summed E-state index contributed by atoms with van der Waals surface area (Å²) in [5.41, 5.74) is 3.50. The fourth-order valence-corrected chi connectivity index (χ4v) is 0. The van der Waals surface area contributed by atoms with Gasteiger partial charge in [0.2, 0.25) is 0 Å². The number of hydrogen-bond donors (Lipinski definition) is 0. The van der Waals surface area contributed by atoms with Crippen molar-refractivity contribution in [1.29, 1.82) is 0 Å². The largest absolute Gasteiger partial charge is 0.388 e. The quantitative estimate of drug-likeness (QED) is 0.220. The molecule has 60 heavy (non-hydrogen) atoms. The van der Waals surface area contributed by atoms with E-state index in [4.69, 9.17) is 0 Å². The number of ether oxygens (including phenoxy) is 1. The summed E-state index contributed by atoms with van der Waals surface area (Å²) in [7, 11) is 3.25. The summed E-state index contributed by atoms with van der Waals surface area (Å²) in [6, 6.07) is 0. The van der Waals surface area contributed by atoms with Gasteiger partial charge in [-0.25, -0.2) is 0 Å². The van der Waals surface area contributed by atoms with Crippen LogP contribution in [-0.2, 0) is 70.2 Å². The molecule has 1 nitrogen and oxygen atoms in total. The smallest absolute Gasteiger partial charge is 0.0351 e. The molecule has 0 N–H and O–H groups in total. The molecule has 0 bridgehead atoms. The van der Waals surface area contributed by atoms with Crippen molar-refractivity contribution in [3.63, 3.8) is 0 Å². The number of rotatable bonds is 0. The fourth-order valence-electron chi connectivity index (χ4n) is 0. The van der Waals surface area contributed by atoms with Crippen molar-refractivity contribution in [3.8, 4) is 0 Å². The number of methoxy groups -OCH3 is 1. The Labute approximate surface area is 452 Å². The first-order chi connectivity index (χ1) is 23.4. The summed E-state index contributed by atoms with van der Waals surface area (Å²) in [6.45, 7) is 93.2. The van der Waals surface area contributed by atoms with Gasteiger partial charge in [0.15, 0.2) is 0 Å². The van der Waals surface area contributed by atoms with Crippen LogP contribution in [0, 0.1) is 52.8 Å². The van der Waals surface area contributed by atoms with Crippen molar-refractivity contribution in [2.24, 2.45) is 37.9 Å². The predicted molar refractivity (Wildman–Crippen MR) is 306 cm³/mol. The van der Waals surface area contributed by atoms with E-state index < -0.39 is 0 Å². The molecule has 0 heterocycles. The molecule has 0 rings (SSSR count). The van der Waals surface area contributed by atoms with Gasteiger partial charge >= 0.3 is 0 Å². The van der Waals surface area contributed by atoms with Gasteiger partial charge in [0, 0.05) is 79.6 Å².